The number of ether oxygens (including phenoxy) is 1. The van der Waals surface area contributed by atoms with Crippen LogP contribution in [0.15, 0.2) is 36.7 Å². The zero-order valence-corrected chi connectivity index (χ0v) is 13.0. The van der Waals surface area contributed by atoms with Crippen molar-refractivity contribution in [1.29, 1.82) is 0 Å². The van der Waals surface area contributed by atoms with Gasteiger partial charge < -0.3 is 10.1 Å². The molecule has 1 aromatic heterocycles. The topological polar surface area (TPSA) is 52.0 Å². The maximum atomic E-state index is 5.76. The number of hydrogen-bond acceptors (Lipinski definition) is 4. The lowest BCUT2D eigenvalue weighted by molar-refractivity contribution is 0.0669. The smallest absolute Gasteiger partial charge is 0.138 e. The van der Waals surface area contributed by atoms with E-state index in [9.17, 15) is 0 Å². The van der Waals surface area contributed by atoms with E-state index in [0.29, 0.717) is 0 Å². The molecule has 0 radical (unpaired) electrons. The molecule has 0 fully saturated rings. The van der Waals surface area contributed by atoms with E-state index in [1.165, 1.54) is 5.56 Å². The Labute approximate surface area is 126 Å². The number of rotatable bonds is 8. The van der Waals surface area contributed by atoms with E-state index in [1.54, 1.807) is 13.4 Å². The average Bonchev–Trinajstić information content (AvgIpc) is 2.91. The highest BCUT2D eigenvalue weighted by Crippen LogP contribution is 2.22. The van der Waals surface area contributed by atoms with Gasteiger partial charge in [-0.3, -0.25) is 4.68 Å². The molecule has 2 unspecified atom stereocenters. The van der Waals surface area contributed by atoms with Crippen molar-refractivity contribution >= 4 is 0 Å². The molecule has 0 aliphatic carbocycles. The van der Waals surface area contributed by atoms with Gasteiger partial charge in [-0.15, -0.1) is 0 Å². The van der Waals surface area contributed by atoms with Crippen molar-refractivity contribution in [3.63, 3.8) is 0 Å². The molecular weight excluding hydrogens is 264 g/mol. The van der Waals surface area contributed by atoms with Crippen molar-refractivity contribution in [3.8, 4) is 0 Å². The zero-order chi connectivity index (χ0) is 15.1. The van der Waals surface area contributed by atoms with Crippen molar-refractivity contribution in [2.75, 3.05) is 13.7 Å². The first-order chi connectivity index (χ1) is 10.3. The van der Waals surface area contributed by atoms with Crippen molar-refractivity contribution in [1.82, 2.24) is 20.1 Å². The van der Waals surface area contributed by atoms with Gasteiger partial charge in [0.15, 0.2) is 0 Å². The second kappa shape index (κ2) is 7.90. The van der Waals surface area contributed by atoms with Crippen LogP contribution in [0.4, 0.5) is 0 Å². The Balaban J connectivity index is 2.19. The zero-order valence-electron chi connectivity index (χ0n) is 13.0. The summed E-state index contributed by atoms with van der Waals surface area (Å²) in [4.78, 5) is 4.33. The number of methoxy groups -OCH3 is 1. The quantitative estimate of drug-likeness (QED) is 0.808. The predicted octanol–water partition coefficient (Wildman–Crippen LogP) is 2.11. The van der Waals surface area contributed by atoms with Gasteiger partial charge in [0.05, 0.1) is 6.10 Å². The Morgan fingerprint density at radius 3 is 2.62 bits per heavy atom. The summed E-state index contributed by atoms with van der Waals surface area (Å²) in [6.07, 6.45) is 3.45. The highest BCUT2D eigenvalue weighted by molar-refractivity contribution is 5.19. The lowest BCUT2D eigenvalue weighted by atomic mass is 9.99. The van der Waals surface area contributed by atoms with E-state index in [0.717, 1.165) is 25.2 Å². The van der Waals surface area contributed by atoms with E-state index < -0.39 is 0 Å². The number of hydrogen-bond donors (Lipinski definition) is 1. The van der Waals surface area contributed by atoms with Gasteiger partial charge in [-0.2, -0.15) is 5.10 Å². The molecule has 0 amide bonds. The molecule has 0 aliphatic heterocycles. The van der Waals surface area contributed by atoms with Gasteiger partial charge >= 0.3 is 0 Å². The normalized spacial score (nSPS) is 14.0. The third-order valence-corrected chi connectivity index (χ3v) is 3.61. The fourth-order valence-corrected chi connectivity index (χ4v) is 2.49. The van der Waals surface area contributed by atoms with E-state index in [4.69, 9.17) is 4.74 Å². The van der Waals surface area contributed by atoms with Crippen LogP contribution in [0.25, 0.3) is 0 Å². The van der Waals surface area contributed by atoms with Crippen LogP contribution in [0.2, 0.25) is 0 Å². The summed E-state index contributed by atoms with van der Waals surface area (Å²) in [5, 5.41) is 7.72. The molecule has 0 saturated carbocycles. The van der Waals surface area contributed by atoms with Gasteiger partial charge in [-0.25, -0.2) is 4.98 Å². The molecule has 5 heteroatoms. The molecule has 5 nitrogen and oxygen atoms in total. The SMILES string of the molecule is CCCNC(Cc1ncnn1C)C(OC)c1ccccc1. The molecule has 114 valence electrons. The van der Waals surface area contributed by atoms with Crippen LogP contribution in [0.5, 0.6) is 0 Å². The average molecular weight is 288 g/mol. The summed E-state index contributed by atoms with van der Waals surface area (Å²) < 4.78 is 7.58. The third kappa shape index (κ3) is 4.12. The highest BCUT2D eigenvalue weighted by atomic mass is 16.5. The largest absolute Gasteiger partial charge is 0.375 e. The summed E-state index contributed by atoms with van der Waals surface area (Å²) in [5.41, 5.74) is 1.18. The number of benzene rings is 1. The summed E-state index contributed by atoms with van der Waals surface area (Å²) >= 11 is 0. The van der Waals surface area contributed by atoms with Crippen LogP contribution in [0.1, 0.15) is 30.8 Å². The first kappa shape index (κ1) is 15.7. The Morgan fingerprint density at radius 1 is 1.29 bits per heavy atom. The summed E-state index contributed by atoms with van der Waals surface area (Å²) in [6, 6.07) is 10.5. The van der Waals surface area contributed by atoms with Gasteiger partial charge in [0.1, 0.15) is 12.2 Å². The van der Waals surface area contributed by atoms with E-state index in [1.807, 2.05) is 29.9 Å². The molecule has 0 spiro atoms. The maximum absolute atomic E-state index is 5.76. The van der Waals surface area contributed by atoms with Crippen LogP contribution in [-0.2, 0) is 18.2 Å². The van der Waals surface area contributed by atoms with Gasteiger partial charge in [0.25, 0.3) is 0 Å². The Morgan fingerprint density at radius 2 is 2.05 bits per heavy atom. The minimum Gasteiger partial charge on any atom is -0.375 e. The third-order valence-electron chi connectivity index (χ3n) is 3.61. The fraction of sp³-hybridized carbons (Fsp3) is 0.500. The molecule has 1 heterocycles. The first-order valence-electron chi connectivity index (χ1n) is 7.40. The number of aromatic nitrogens is 3. The summed E-state index contributed by atoms with van der Waals surface area (Å²) in [5.74, 6) is 0.960. The molecule has 2 rings (SSSR count). The van der Waals surface area contributed by atoms with Gasteiger partial charge in [-0.1, -0.05) is 37.3 Å². The second-order valence-electron chi connectivity index (χ2n) is 5.13. The molecule has 2 atom stereocenters. The van der Waals surface area contributed by atoms with E-state index in [2.05, 4.69) is 34.5 Å². The van der Waals surface area contributed by atoms with Crippen molar-refractivity contribution in [2.45, 2.75) is 31.9 Å². The van der Waals surface area contributed by atoms with Crippen molar-refractivity contribution in [2.24, 2.45) is 7.05 Å². The van der Waals surface area contributed by atoms with Crippen LogP contribution in [0, 0.1) is 0 Å². The molecule has 1 aromatic carbocycles. The van der Waals surface area contributed by atoms with E-state index >= 15 is 0 Å². The number of aryl methyl sites for hydroxylation is 1. The van der Waals surface area contributed by atoms with Crippen molar-refractivity contribution in [3.05, 3.63) is 48.0 Å². The minimum absolute atomic E-state index is 0.00514. The van der Waals surface area contributed by atoms with Crippen LogP contribution >= 0.6 is 0 Å². The molecule has 0 saturated heterocycles. The number of nitrogens with one attached hydrogen (secondary N) is 1. The standard InChI is InChI=1S/C16H24N4O/c1-4-10-17-14(11-15-18-12-19-20(15)2)16(21-3)13-8-6-5-7-9-13/h5-9,12,14,16-17H,4,10-11H2,1-3H3. The Hall–Kier alpha value is -1.72. The molecule has 0 bridgehead atoms. The molecule has 0 aliphatic rings. The fourth-order valence-electron chi connectivity index (χ4n) is 2.49. The van der Waals surface area contributed by atoms with Crippen LogP contribution < -0.4 is 5.32 Å². The van der Waals surface area contributed by atoms with Crippen molar-refractivity contribution < 1.29 is 4.74 Å². The van der Waals surface area contributed by atoms with E-state index in [-0.39, 0.29) is 12.1 Å². The molecular formula is C16H24N4O. The highest BCUT2D eigenvalue weighted by Gasteiger charge is 2.24. The Kier molecular flexibility index (Phi) is 5.90. The van der Waals surface area contributed by atoms with Crippen LogP contribution in [0.3, 0.4) is 0 Å². The second-order valence-corrected chi connectivity index (χ2v) is 5.13. The summed E-state index contributed by atoms with van der Waals surface area (Å²) in [6.45, 7) is 3.12. The molecule has 21 heavy (non-hydrogen) atoms. The minimum atomic E-state index is -0.00514. The predicted molar refractivity (Wildman–Crippen MR) is 83.0 cm³/mol. The molecule has 1 N–H and O–H groups in total. The van der Waals surface area contributed by atoms with Gasteiger partial charge in [-0.05, 0) is 18.5 Å². The van der Waals surface area contributed by atoms with Gasteiger partial charge in [0, 0.05) is 26.6 Å². The summed E-state index contributed by atoms with van der Waals surface area (Å²) in [7, 11) is 3.68. The first-order valence-corrected chi connectivity index (χ1v) is 7.40. The lowest BCUT2D eigenvalue weighted by Crippen LogP contribution is -2.39. The van der Waals surface area contributed by atoms with Crippen LogP contribution in [-0.4, -0.2) is 34.5 Å². The maximum Gasteiger partial charge on any atom is 0.138 e. The lowest BCUT2D eigenvalue weighted by Gasteiger charge is -2.27. The Bertz CT molecular complexity index is 526. The number of nitrogens with zero attached hydrogens (tertiary/aromatic N) is 3. The van der Waals surface area contributed by atoms with Gasteiger partial charge in [0.2, 0.25) is 0 Å². The monoisotopic (exact) mass is 288 g/mol. The molecule has 2 aromatic rings.